The predicted octanol–water partition coefficient (Wildman–Crippen LogP) is 1.63. The van der Waals surface area contributed by atoms with Crippen LogP contribution in [0.5, 0.6) is 5.75 Å². The molecule has 0 aliphatic carbocycles. The van der Waals surface area contributed by atoms with E-state index in [0.29, 0.717) is 19.7 Å². The first-order chi connectivity index (χ1) is 10.2. The molecular weight excluding hydrogens is 330 g/mol. The van der Waals surface area contributed by atoms with E-state index in [9.17, 15) is 13.2 Å². The van der Waals surface area contributed by atoms with Crippen LogP contribution in [0, 0.1) is 0 Å². The topological polar surface area (TPSA) is 72.9 Å². The Morgan fingerprint density at radius 3 is 2.64 bits per heavy atom. The number of amides is 1. The van der Waals surface area contributed by atoms with Crippen LogP contribution in [0.3, 0.4) is 0 Å². The molecule has 22 heavy (non-hydrogen) atoms. The van der Waals surface area contributed by atoms with Crippen molar-refractivity contribution in [2.24, 2.45) is 0 Å². The van der Waals surface area contributed by atoms with Gasteiger partial charge >= 0.3 is 10.1 Å². The number of hydrogen-bond donors (Lipinski definition) is 0. The van der Waals surface area contributed by atoms with Crippen molar-refractivity contribution in [1.82, 2.24) is 4.90 Å². The number of methoxy groups -OCH3 is 1. The molecule has 124 valence electrons. The van der Waals surface area contributed by atoms with Crippen molar-refractivity contribution in [3.8, 4) is 5.75 Å². The fourth-order valence-electron chi connectivity index (χ4n) is 1.81. The zero-order chi connectivity index (χ0) is 16.8. The van der Waals surface area contributed by atoms with E-state index in [4.69, 9.17) is 20.5 Å². The Bertz CT molecular complexity index is 603. The molecule has 1 rings (SSSR count). The number of ether oxygens (including phenoxy) is 1. The van der Waals surface area contributed by atoms with Crippen LogP contribution in [0.1, 0.15) is 12.5 Å². The second kappa shape index (κ2) is 8.36. The Labute approximate surface area is 136 Å². The van der Waals surface area contributed by atoms with Gasteiger partial charge in [-0.05, 0) is 24.6 Å². The number of rotatable bonds is 8. The number of hydrogen-bond acceptors (Lipinski definition) is 5. The molecule has 6 nitrogen and oxygen atoms in total. The molecule has 0 aromatic heterocycles. The van der Waals surface area contributed by atoms with Gasteiger partial charge in [0.25, 0.3) is 0 Å². The quantitative estimate of drug-likeness (QED) is 0.527. The summed E-state index contributed by atoms with van der Waals surface area (Å²) >= 11 is 5.85. The molecule has 0 bridgehead atoms. The third-order valence-corrected chi connectivity index (χ3v) is 3.42. The molecule has 0 saturated carbocycles. The highest BCUT2D eigenvalue weighted by molar-refractivity contribution is 7.86. The molecule has 0 radical (unpaired) electrons. The second-order valence-electron chi connectivity index (χ2n) is 4.80. The number of nitrogens with zero attached hydrogens (tertiary/aromatic N) is 1. The lowest BCUT2D eigenvalue weighted by Gasteiger charge is -2.23. The third-order valence-electron chi connectivity index (χ3n) is 2.74. The molecule has 0 saturated heterocycles. The summed E-state index contributed by atoms with van der Waals surface area (Å²) in [6, 6.07) is 6.56. The summed E-state index contributed by atoms with van der Waals surface area (Å²) < 4.78 is 32.1. The SMILES string of the molecule is COCCN(Cc1cccc(OS(C)(=O)=O)c1)C(=O)[C@@H](C)Cl. The van der Waals surface area contributed by atoms with Crippen molar-refractivity contribution in [2.75, 3.05) is 26.5 Å². The predicted molar refractivity (Wildman–Crippen MR) is 84.5 cm³/mol. The van der Waals surface area contributed by atoms with Crippen LogP contribution in [0.4, 0.5) is 0 Å². The minimum absolute atomic E-state index is 0.207. The van der Waals surface area contributed by atoms with Gasteiger partial charge in [-0.3, -0.25) is 4.79 Å². The molecule has 0 aliphatic heterocycles. The Morgan fingerprint density at radius 2 is 2.09 bits per heavy atom. The maximum absolute atomic E-state index is 12.1. The first-order valence-corrected chi connectivity index (χ1v) is 8.88. The first-order valence-electron chi connectivity index (χ1n) is 6.63. The van der Waals surface area contributed by atoms with E-state index in [1.165, 1.54) is 6.07 Å². The molecule has 0 heterocycles. The third kappa shape index (κ3) is 6.64. The van der Waals surface area contributed by atoms with E-state index >= 15 is 0 Å². The van der Waals surface area contributed by atoms with Gasteiger partial charge in [0.2, 0.25) is 5.91 Å². The number of halogens is 1. The van der Waals surface area contributed by atoms with Crippen LogP contribution in [0.15, 0.2) is 24.3 Å². The maximum Gasteiger partial charge on any atom is 0.306 e. The minimum atomic E-state index is -3.59. The van der Waals surface area contributed by atoms with E-state index in [2.05, 4.69) is 0 Å². The van der Waals surface area contributed by atoms with Crippen molar-refractivity contribution >= 4 is 27.6 Å². The average Bonchev–Trinajstić information content (AvgIpc) is 2.41. The summed E-state index contributed by atoms with van der Waals surface area (Å²) in [4.78, 5) is 13.6. The van der Waals surface area contributed by atoms with Gasteiger partial charge in [0.05, 0.1) is 12.9 Å². The zero-order valence-electron chi connectivity index (χ0n) is 12.8. The van der Waals surface area contributed by atoms with E-state index in [1.807, 2.05) is 0 Å². The number of alkyl halides is 1. The molecule has 8 heteroatoms. The van der Waals surface area contributed by atoms with Crippen molar-refractivity contribution < 1.29 is 22.1 Å². The molecule has 0 fully saturated rings. The van der Waals surface area contributed by atoms with Crippen molar-refractivity contribution in [2.45, 2.75) is 18.8 Å². The summed E-state index contributed by atoms with van der Waals surface area (Å²) in [5.41, 5.74) is 0.739. The van der Waals surface area contributed by atoms with Crippen molar-refractivity contribution in [3.63, 3.8) is 0 Å². The van der Waals surface area contributed by atoms with Gasteiger partial charge in [0, 0.05) is 20.2 Å². The largest absolute Gasteiger partial charge is 0.383 e. The van der Waals surface area contributed by atoms with Gasteiger partial charge in [0.1, 0.15) is 11.1 Å². The highest BCUT2D eigenvalue weighted by atomic mass is 35.5. The highest BCUT2D eigenvalue weighted by Gasteiger charge is 2.19. The number of carbonyl (C=O) groups is 1. The molecule has 1 atom stereocenters. The fourth-order valence-corrected chi connectivity index (χ4v) is 2.40. The lowest BCUT2D eigenvalue weighted by atomic mass is 10.2. The summed E-state index contributed by atoms with van der Waals surface area (Å²) in [6.45, 7) is 2.67. The molecule has 1 amide bonds. The van der Waals surface area contributed by atoms with E-state index in [0.717, 1.165) is 11.8 Å². The Kier molecular flexibility index (Phi) is 7.12. The van der Waals surface area contributed by atoms with E-state index in [-0.39, 0.29) is 11.7 Å². The van der Waals surface area contributed by atoms with Gasteiger partial charge in [-0.15, -0.1) is 11.6 Å². The van der Waals surface area contributed by atoms with Gasteiger partial charge in [-0.25, -0.2) is 0 Å². The maximum atomic E-state index is 12.1. The normalized spacial score (nSPS) is 12.7. The lowest BCUT2D eigenvalue weighted by Crippen LogP contribution is -2.37. The second-order valence-corrected chi connectivity index (χ2v) is 7.03. The minimum Gasteiger partial charge on any atom is -0.383 e. The molecule has 1 aromatic carbocycles. The molecule has 0 unspecified atom stereocenters. The molecular formula is C14H20ClNO5S. The van der Waals surface area contributed by atoms with Crippen LogP contribution in [0.2, 0.25) is 0 Å². The summed E-state index contributed by atoms with van der Waals surface area (Å²) in [6.07, 6.45) is 0.975. The summed E-state index contributed by atoms with van der Waals surface area (Å²) in [7, 11) is -2.04. The Morgan fingerprint density at radius 1 is 1.41 bits per heavy atom. The number of benzene rings is 1. The summed E-state index contributed by atoms with van der Waals surface area (Å²) in [5.74, 6) is -0.00814. The number of carbonyl (C=O) groups excluding carboxylic acids is 1. The Hall–Kier alpha value is -1.31. The van der Waals surface area contributed by atoms with Crippen molar-refractivity contribution in [1.29, 1.82) is 0 Å². The lowest BCUT2D eigenvalue weighted by molar-refractivity contribution is -0.131. The van der Waals surface area contributed by atoms with Crippen LogP contribution in [-0.4, -0.2) is 51.1 Å². The van der Waals surface area contributed by atoms with Gasteiger partial charge in [-0.1, -0.05) is 12.1 Å². The molecule has 1 aromatic rings. The Balaban J connectivity index is 2.88. The van der Waals surface area contributed by atoms with Crippen LogP contribution < -0.4 is 4.18 Å². The van der Waals surface area contributed by atoms with Gasteiger partial charge in [-0.2, -0.15) is 8.42 Å². The zero-order valence-corrected chi connectivity index (χ0v) is 14.4. The molecule has 0 aliphatic rings. The van der Waals surface area contributed by atoms with Crippen molar-refractivity contribution in [3.05, 3.63) is 29.8 Å². The van der Waals surface area contributed by atoms with Crippen LogP contribution in [-0.2, 0) is 26.2 Å². The first kappa shape index (κ1) is 18.7. The molecule has 0 spiro atoms. The van der Waals surface area contributed by atoms with E-state index in [1.54, 1.807) is 37.1 Å². The highest BCUT2D eigenvalue weighted by Crippen LogP contribution is 2.17. The fraction of sp³-hybridized carbons (Fsp3) is 0.500. The smallest absolute Gasteiger partial charge is 0.306 e. The summed E-state index contributed by atoms with van der Waals surface area (Å²) in [5, 5.41) is -0.646. The van der Waals surface area contributed by atoms with Gasteiger partial charge < -0.3 is 13.8 Å². The average molecular weight is 350 g/mol. The van der Waals surface area contributed by atoms with Crippen LogP contribution in [0.25, 0.3) is 0 Å². The standard InChI is InChI=1S/C14H20ClNO5S/c1-11(15)14(17)16(7-8-20-2)10-12-5-4-6-13(9-12)21-22(3,18)19/h4-6,9,11H,7-8,10H2,1-3H3/t11-/m1/s1. The van der Waals surface area contributed by atoms with E-state index < -0.39 is 15.5 Å². The van der Waals surface area contributed by atoms with Crippen LogP contribution >= 0.6 is 11.6 Å². The molecule has 0 N–H and O–H groups in total. The van der Waals surface area contributed by atoms with Gasteiger partial charge in [0.15, 0.2) is 0 Å². The monoisotopic (exact) mass is 349 g/mol.